The molecule has 1 aromatic heterocycles. The monoisotopic (exact) mass is 467 g/mol. The summed E-state index contributed by atoms with van der Waals surface area (Å²) in [6.07, 6.45) is -0.386. The predicted octanol–water partition coefficient (Wildman–Crippen LogP) is 6.11. The van der Waals surface area contributed by atoms with E-state index in [1.54, 1.807) is 13.1 Å². The summed E-state index contributed by atoms with van der Waals surface area (Å²) < 4.78 is 41.1. The average Bonchev–Trinajstić information content (AvgIpc) is 3.49. The molecule has 1 heterocycles. The third-order valence-corrected chi connectivity index (χ3v) is 6.35. The van der Waals surface area contributed by atoms with E-state index in [1.807, 2.05) is 36.6 Å². The van der Waals surface area contributed by atoms with Crippen molar-refractivity contribution >= 4 is 13.0 Å². The van der Waals surface area contributed by atoms with E-state index in [0.717, 1.165) is 36.5 Å². The van der Waals surface area contributed by atoms with Crippen LogP contribution >= 0.6 is 0 Å². The molecule has 0 radical (unpaired) electrons. The zero-order chi connectivity index (χ0) is 24.9. The first-order valence-corrected chi connectivity index (χ1v) is 11.5. The maximum absolute atomic E-state index is 13.3. The van der Waals surface area contributed by atoms with E-state index in [4.69, 9.17) is 0 Å². The Bertz CT molecular complexity index is 1200. The van der Waals surface area contributed by atoms with Gasteiger partial charge in [0.15, 0.2) is 0 Å². The SMILES string of the molecule is CC(C)(C)c1nbcn1-c1cc(C(=O)NC(C)(C)C2CC2)cc(-c2ccc(C(F)(F)F)cc2)c1. The van der Waals surface area contributed by atoms with Gasteiger partial charge in [-0.2, -0.15) is 0 Å². The van der Waals surface area contributed by atoms with Crippen LogP contribution in [0.3, 0.4) is 0 Å². The van der Waals surface area contributed by atoms with Crippen molar-refractivity contribution in [2.24, 2.45) is 5.92 Å². The number of nitrogens with one attached hydrogen (secondary N) is 1. The van der Waals surface area contributed by atoms with Gasteiger partial charge in [-0.3, -0.25) is 0 Å². The van der Waals surface area contributed by atoms with Crippen LogP contribution in [0.5, 0.6) is 0 Å². The van der Waals surface area contributed by atoms with Crippen molar-refractivity contribution < 1.29 is 18.0 Å². The molecule has 0 aliphatic heterocycles. The van der Waals surface area contributed by atoms with Crippen LogP contribution in [0.2, 0.25) is 0 Å². The number of halogens is 3. The fourth-order valence-electron chi connectivity index (χ4n) is 4.24. The number of hydrogen-bond donors (Lipinski definition) is 1. The second-order valence-electron chi connectivity index (χ2n) is 10.7. The van der Waals surface area contributed by atoms with Crippen LogP contribution in [0, 0.1) is 5.92 Å². The molecule has 1 aliphatic rings. The van der Waals surface area contributed by atoms with Crippen LogP contribution in [-0.2, 0) is 11.6 Å². The molecule has 178 valence electrons. The molecule has 0 bridgehead atoms. The molecule has 34 heavy (non-hydrogen) atoms. The van der Waals surface area contributed by atoms with Gasteiger partial charge in [-0.1, -0.05) is 0 Å². The Labute approximate surface area is 198 Å². The van der Waals surface area contributed by atoms with E-state index in [1.165, 1.54) is 12.1 Å². The molecule has 4 nitrogen and oxygen atoms in total. The van der Waals surface area contributed by atoms with Gasteiger partial charge >= 0.3 is 199 Å². The molecular formula is C26H29BF3N3O. The summed E-state index contributed by atoms with van der Waals surface area (Å²) in [7, 11) is 1.71. The van der Waals surface area contributed by atoms with Gasteiger partial charge in [-0.05, 0) is 0 Å². The Hall–Kier alpha value is -2.90. The second-order valence-corrected chi connectivity index (χ2v) is 10.7. The summed E-state index contributed by atoms with van der Waals surface area (Å²) >= 11 is 0. The first-order chi connectivity index (χ1) is 15.8. The van der Waals surface area contributed by atoms with E-state index < -0.39 is 11.7 Å². The van der Waals surface area contributed by atoms with Crippen LogP contribution in [-0.4, -0.2) is 28.0 Å². The average molecular weight is 467 g/mol. The summed E-state index contributed by atoms with van der Waals surface area (Å²) in [5.74, 6) is 1.07. The Kier molecular flexibility index (Phi) is 5.99. The van der Waals surface area contributed by atoms with Crippen molar-refractivity contribution in [2.45, 2.75) is 64.6 Å². The fourth-order valence-corrected chi connectivity index (χ4v) is 4.24. The number of benzene rings is 2. The Morgan fingerprint density at radius 3 is 2.21 bits per heavy atom. The minimum atomic E-state index is -4.40. The summed E-state index contributed by atoms with van der Waals surface area (Å²) in [6, 6.07) is 10.4. The fraction of sp³-hybridized carbons (Fsp3) is 0.423. The molecule has 1 fully saturated rings. The standard InChI is InChI=1S/C26H29BF3N3O/c1-24(2,3)23-32-27-15-33(23)21-13-17(16-6-8-20(9-7-16)26(28,29)30)12-18(14-21)22(34)31-25(4,5)19-10-11-19/h6-9,12-15,19H,10-11H2,1-5H3,(H,31,34). The van der Waals surface area contributed by atoms with Crippen LogP contribution in [0.4, 0.5) is 13.2 Å². The molecule has 0 saturated heterocycles. The molecule has 1 N–H and O–H groups in total. The summed E-state index contributed by atoms with van der Waals surface area (Å²) in [5.41, 5.74) is 1.17. The molecule has 0 atom stereocenters. The van der Waals surface area contributed by atoms with Crippen molar-refractivity contribution in [2.75, 3.05) is 0 Å². The summed E-state index contributed by atoms with van der Waals surface area (Å²) in [5, 5.41) is 3.15. The molecule has 8 heteroatoms. The number of alkyl halides is 3. The molecule has 3 aromatic rings. The zero-order valence-corrected chi connectivity index (χ0v) is 20.1. The predicted molar refractivity (Wildman–Crippen MR) is 128 cm³/mol. The topological polar surface area (TPSA) is 46.9 Å². The van der Waals surface area contributed by atoms with Gasteiger partial charge < -0.3 is 0 Å². The van der Waals surface area contributed by atoms with Crippen LogP contribution < -0.4 is 5.32 Å². The second kappa shape index (κ2) is 8.40. The third-order valence-electron chi connectivity index (χ3n) is 6.35. The van der Waals surface area contributed by atoms with E-state index in [2.05, 4.69) is 31.0 Å². The Morgan fingerprint density at radius 1 is 1.00 bits per heavy atom. The summed E-state index contributed by atoms with van der Waals surface area (Å²) in [4.78, 5) is 17.8. The summed E-state index contributed by atoms with van der Waals surface area (Å²) in [6.45, 7) is 10.2. The molecule has 0 unspecified atom stereocenters. The van der Waals surface area contributed by atoms with Gasteiger partial charge in [0.2, 0.25) is 0 Å². The van der Waals surface area contributed by atoms with Crippen molar-refractivity contribution in [1.82, 2.24) is 14.8 Å². The Balaban J connectivity index is 1.80. The first kappa shape index (κ1) is 24.2. The normalized spacial score (nSPS) is 14.7. The van der Waals surface area contributed by atoms with E-state index in [0.29, 0.717) is 22.6 Å². The van der Waals surface area contributed by atoms with Gasteiger partial charge in [0.1, 0.15) is 0 Å². The molecular weight excluding hydrogens is 438 g/mol. The number of aromatic nitrogens is 2. The van der Waals surface area contributed by atoms with Gasteiger partial charge in [0.05, 0.1) is 0 Å². The van der Waals surface area contributed by atoms with Crippen LogP contribution in [0.1, 0.15) is 69.2 Å². The first-order valence-electron chi connectivity index (χ1n) is 11.5. The number of hydrogen-bond acceptors (Lipinski definition) is 2. The van der Waals surface area contributed by atoms with Crippen LogP contribution in [0.15, 0.2) is 48.6 Å². The minimum absolute atomic E-state index is 0.204. The van der Waals surface area contributed by atoms with E-state index in [9.17, 15) is 18.0 Å². The molecule has 1 amide bonds. The number of carbonyl (C=O) groups is 1. The maximum atomic E-state index is 13.3. The van der Waals surface area contributed by atoms with Gasteiger partial charge in [-0.25, -0.2) is 0 Å². The van der Waals surface area contributed by atoms with Crippen LogP contribution in [0.25, 0.3) is 16.8 Å². The number of carbonyl (C=O) groups excluding carboxylic acids is 1. The Morgan fingerprint density at radius 2 is 1.65 bits per heavy atom. The molecule has 1 aliphatic carbocycles. The van der Waals surface area contributed by atoms with Gasteiger partial charge in [0.25, 0.3) is 0 Å². The number of amides is 1. The molecule has 0 spiro atoms. The molecule has 4 rings (SSSR count). The van der Waals surface area contributed by atoms with Crippen molar-refractivity contribution in [1.29, 1.82) is 0 Å². The van der Waals surface area contributed by atoms with Crippen molar-refractivity contribution in [3.63, 3.8) is 0 Å². The quantitative estimate of drug-likeness (QED) is 0.492. The van der Waals surface area contributed by atoms with E-state index in [-0.39, 0.29) is 16.9 Å². The zero-order valence-electron chi connectivity index (χ0n) is 20.1. The number of rotatable bonds is 5. The molecule has 1 saturated carbocycles. The van der Waals surface area contributed by atoms with E-state index >= 15 is 0 Å². The van der Waals surface area contributed by atoms with Crippen molar-refractivity contribution in [3.05, 3.63) is 65.5 Å². The third kappa shape index (κ3) is 5.11. The van der Waals surface area contributed by atoms with Gasteiger partial charge in [0, 0.05) is 0 Å². The molecule has 2 aromatic carbocycles. The van der Waals surface area contributed by atoms with Crippen molar-refractivity contribution in [3.8, 4) is 16.8 Å². The number of nitrogens with zero attached hydrogens (tertiary/aromatic N) is 2. The van der Waals surface area contributed by atoms with Gasteiger partial charge in [-0.15, -0.1) is 0 Å².